The predicted molar refractivity (Wildman–Crippen MR) is 75.2 cm³/mol. The number of nitrogens with zero attached hydrogens (tertiary/aromatic N) is 2. The third-order valence-electron chi connectivity index (χ3n) is 2.20. The zero-order chi connectivity index (χ0) is 13.8. The van der Waals surface area contributed by atoms with E-state index in [1.54, 1.807) is 31.2 Å². The van der Waals surface area contributed by atoms with Crippen LogP contribution in [0.4, 0.5) is 5.95 Å². The molecular weight excluding hydrogens is 287 g/mol. The molecule has 2 rings (SSSR count). The van der Waals surface area contributed by atoms with E-state index in [2.05, 4.69) is 20.5 Å². The average Bonchev–Trinajstić information content (AvgIpc) is 2.76. The van der Waals surface area contributed by atoms with E-state index in [1.807, 2.05) is 0 Å². The van der Waals surface area contributed by atoms with Crippen LogP contribution in [0, 0.1) is 6.92 Å². The summed E-state index contributed by atoms with van der Waals surface area (Å²) >= 11 is 11.8. The highest BCUT2D eigenvalue weighted by atomic mass is 35.5. The Morgan fingerprint density at radius 2 is 2.21 bits per heavy atom. The molecule has 0 unspecified atom stereocenters. The van der Waals surface area contributed by atoms with Gasteiger partial charge in [0.25, 0.3) is 5.91 Å². The van der Waals surface area contributed by atoms with Crippen LogP contribution in [-0.4, -0.2) is 21.1 Å². The molecule has 0 saturated carbocycles. The van der Waals surface area contributed by atoms with Crippen molar-refractivity contribution < 1.29 is 4.79 Å². The number of carbonyl (C=O) groups excluding carboxylic acids is 1. The molecule has 0 saturated heterocycles. The molecule has 1 amide bonds. The molecule has 0 aliphatic carbocycles. The molecule has 98 valence electrons. The largest absolute Gasteiger partial charge is 0.290 e. The minimum absolute atomic E-state index is 0.226. The molecule has 0 aliphatic rings. The molecule has 1 aromatic carbocycles. The fourth-order valence-electron chi connectivity index (χ4n) is 1.36. The van der Waals surface area contributed by atoms with Crippen LogP contribution < -0.4 is 5.32 Å². The fourth-order valence-corrected chi connectivity index (χ4v) is 1.72. The van der Waals surface area contributed by atoms with Gasteiger partial charge in [0.2, 0.25) is 5.95 Å². The summed E-state index contributed by atoms with van der Waals surface area (Å²) in [5, 5.41) is 10.00. The molecule has 2 aromatic rings. The second-order valence-corrected chi connectivity index (χ2v) is 4.58. The third-order valence-corrected chi connectivity index (χ3v) is 2.78. The summed E-state index contributed by atoms with van der Waals surface area (Å²) in [6.07, 6.45) is 2.91. The second-order valence-electron chi connectivity index (χ2n) is 3.73. The molecule has 0 aliphatic heterocycles. The van der Waals surface area contributed by atoms with Crippen LogP contribution in [0.25, 0.3) is 6.08 Å². The summed E-state index contributed by atoms with van der Waals surface area (Å²) in [4.78, 5) is 15.6. The molecule has 1 heterocycles. The first-order valence-corrected chi connectivity index (χ1v) is 6.13. The van der Waals surface area contributed by atoms with Gasteiger partial charge in [0.1, 0.15) is 5.82 Å². The quantitative estimate of drug-likeness (QED) is 0.855. The van der Waals surface area contributed by atoms with E-state index in [9.17, 15) is 4.79 Å². The number of nitrogens with one attached hydrogen (secondary N) is 2. The van der Waals surface area contributed by atoms with Crippen molar-refractivity contribution in [2.75, 3.05) is 5.32 Å². The fraction of sp³-hybridized carbons (Fsp3) is 0.0833. The lowest BCUT2D eigenvalue weighted by atomic mass is 10.2. The summed E-state index contributed by atoms with van der Waals surface area (Å²) in [5.41, 5.74) is 0.662. The van der Waals surface area contributed by atoms with Crippen LogP contribution in [0.15, 0.2) is 24.3 Å². The normalized spacial score (nSPS) is 10.9. The number of carbonyl (C=O) groups is 1. The van der Waals surface area contributed by atoms with E-state index in [4.69, 9.17) is 23.2 Å². The molecule has 2 N–H and O–H groups in total. The Balaban J connectivity index is 2.05. The number of rotatable bonds is 3. The van der Waals surface area contributed by atoms with E-state index < -0.39 is 0 Å². The first kappa shape index (κ1) is 13.6. The van der Waals surface area contributed by atoms with Crippen molar-refractivity contribution in [2.24, 2.45) is 0 Å². The highest BCUT2D eigenvalue weighted by molar-refractivity contribution is 6.34. The summed E-state index contributed by atoms with van der Waals surface area (Å²) in [6.45, 7) is 1.74. The number of anilines is 1. The highest BCUT2D eigenvalue weighted by Gasteiger charge is 2.03. The first-order chi connectivity index (χ1) is 9.04. The van der Waals surface area contributed by atoms with Gasteiger partial charge >= 0.3 is 0 Å². The maximum absolute atomic E-state index is 11.6. The predicted octanol–water partition coefficient (Wildman–Crippen LogP) is 3.07. The van der Waals surface area contributed by atoms with Crippen molar-refractivity contribution >= 4 is 41.1 Å². The number of H-pyrrole nitrogens is 1. The van der Waals surface area contributed by atoms with E-state index in [-0.39, 0.29) is 11.9 Å². The molecule has 0 bridgehead atoms. The number of amides is 1. The molecule has 1 aromatic heterocycles. The number of hydrogen-bond acceptors (Lipinski definition) is 3. The molecule has 5 nitrogen and oxygen atoms in total. The van der Waals surface area contributed by atoms with E-state index >= 15 is 0 Å². The Kier molecular flexibility index (Phi) is 4.19. The second kappa shape index (κ2) is 5.86. The van der Waals surface area contributed by atoms with Gasteiger partial charge in [-0.05, 0) is 36.8 Å². The maximum Gasteiger partial charge on any atom is 0.250 e. The average molecular weight is 297 g/mol. The molecule has 0 atom stereocenters. The van der Waals surface area contributed by atoms with Crippen LogP contribution in [0.2, 0.25) is 10.0 Å². The van der Waals surface area contributed by atoms with Crippen LogP contribution in [0.1, 0.15) is 11.4 Å². The van der Waals surface area contributed by atoms with Crippen molar-refractivity contribution in [3.05, 3.63) is 45.7 Å². The van der Waals surface area contributed by atoms with Crippen molar-refractivity contribution in [3.63, 3.8) is 0 Å². The van der Waals surface area contributed by atoms with Crippen LogP contribution in [0.3, 0.4) is 0 Å². The molecule has 19 heavy (non-hydrogen) atoms. The zero-order valence-corrected chi connectivity index (χ0v) is 11.5. The lowest BCUT2D eigenvalue weighted by Gasteiger charge is -1.99. The van der Waals surface area contributed by atoms with Gasteiger partial charge in [-0.15, -0.1) is 5.10 Å². The number of hydrogen-bond donors (Lipinski definition) is 2. The smallest absolute Gasteiger partial charge is 0.250 e. The zero-order valence-electron chi connectivity index (χ0n) is 9.95. The molecule has 0 fully saturated rings. The van der Waals surface area contributed by atoms with Crippen molar-refractivity contribution in [2.45, 2.75) is 6.92 Å². The van der Waals surface area contributed by atoms with Gasteiger partial charge < -0.3 is 0 Å². The Morgan fingerprint density at radius 1 is 1.42 bits per heavy atom. The van der Waals surface area contributed by atoms with Crippen LogP contribution in [-0.2, 0) is 4.79 Å². The standard InChI is InChI=1S/C12H10Cl2N4O/c1-7-15-12(18-17-7)16-11(19)5-2-8-6-9(13)3-4-10(8)14/h2-6H,1H3,(H2,15,16,17,18,19)/b5-2+. The number of halogens is 2. The van der Waals surface area contributed by atoms with Gasteiger partial charge in [0.05, 0.1) is 0 Å². The van der Waals surface area contributed by atoms with E-state index in [1.165, 1.54) is 6.08 Å². The van der Waals surface area contributed by atoms with E-state index in [0.29, 0.717) is 21.4 Å². The summed E-state index contributed by atoms with van der Waals surface area (Å²) < 4.78 is 0. The number of benzene rings is 1. The first-order valence-electron chi connectivity index (χ1n) is 5.38. The van der Waals surface area contributed by atoms with Gasteiger partial charge in [0.15, 0.2) is 0 Å². The minimum Gasteiger partial charge on any atom is -0.290 e. The Morgan fingerprint density at radius 3 is 2.89 bits per heavy atom. The van der Waals surface area contributed by atoms with Crippen molar-refractivity contribution in [1.82, 2.24) is 15.2 Å². The summed E-state index contributed by atoms with van der Waals surface area (Å²) in [6, 6.07) is 5.02. The van der Waals surface area contributed by atoms with Crippen LogP contribution >= 0.6 is 23.2 Å². The number of aryl methyl sites for hydroxylation is 1. The van der Waals surface area contributed by atoms with Gasteiger partial charge in [-0.1, -0.05) is 23.2 Å². The summed E-state index contributed by atoms with van der Waals surface area (Å²) in [5.74, 6) is 0.497. The van der Waals surface area contributed by atoms with Gasteiger partial charge in [0, 0.05) is 16.1 Å². The molecule has 7 heteroatoms. The topological polar surface area (TPSA) is 70.7 Å². The SMILES string of the molecule is Cc1nc(NC(=O)/C=C/c2cc(Cl)ccc2Cl)n[nH]1. The third kappa shape index (κ3) is 3.81. The Labute approximate surface area is 119 Å². The monoisotopic (exact) mass is 296 g/mol. The maximum atomic E-state index is 11.6. The number of aromatic nitrogens is 3. The number of aromatic amines is 1. The molecule has 0 radical (unpaired) electrons. The van der Waals surface area contributed by atoms with Crippen molar-refractivity contribution in [3.8, 4) is 0 Å². The van der Waals surface area contributed by atoms with E-state index in [0.717, 1.165) is 0 Å². The van der Waals surface area contributed by atoms with Crippen LogP contribution in [0.5, 0.6) is 0 Å². The Hall–Kier alpha value is -1.85. The minimum atomic E-state index is -0.352. The van der Waals surface area contributed by atoms with Gasteiger partial charge in [-0.3, -0.25) is 15.2 Å². The summed E-state index contributed by atoms with van der Waals surface area (Å²) in [7, 11) is 0. The molecular formula is C12H10Cl2N4O. The Bertz CT molecular complexity index is 636. The van der Waals surface area contributed by atoms with Gasteiger partial charge in [-0.25, -0.2) is 0 Å². The highest BCUT2D eigenvalue weighted by Crippen LogP contribution is 2.21. The molecule has 0 spiro atoms. The lowest BCUT2D eigenvalue weighted by Crippen LogP contribution is -2.09. The lowest BCUT2D eigenvalue weighted by molar-refractivity contribution is -0.111. The van der Waals surface area contributed by atoms with Crippen molar-refractivity contribution in [1.29, 1.82) is 0 Å². The van der Waals surface area contributed by atoms with Gasteiger partial charge in [-0.2, -0.15) is 4.98 Å².